The highest BCUT2D eigenvalue weighted by Gasteiger charge is 2.34. The van der Waals surface area contributed by atoms with Crippen LogP contribution in [0, 0.1) is 5.92 Å². The smallest absolute Gasteiger partial charge is 0.266 e. The summed E-state index contributed by atoms with van der Waals surface area (Å²) in [6, 6.07) is 7.22. The zero-order chi connectivity index (χ0) is 20.2. The van der Waals surface area contributed by atoms with Gasteiger partial charge in [-0.2, -0.15) is 0 Å². The fourth-order valence-corrected chi connectivity index (χ4v) is 4.44. The second-order valence-corrected chi connectivity index (χ2v) is 8.19. The van der Waals surface area contributed by atoms with E-state index in [1.54, 1.807) is 17.0 Å². The van der Waals surface area contributed by atoms with Crippen molar-refractivity contribution in [1.82, 2.24) is 9.80 Å². The van der Waals surface area contributed by atoms with Gasteiger partial charge in [0.2, 0.25) is 11.8 Å². The average Bonchev–Trinajstić information content (AvgIpc) is 3.03. The Morgan fingerprint density at radius 3 is 2.38 bits per heavy atom. The van der Waals surface area contributed by atoms with Crippen molar-refractivity contribution in [3.8, 4) is 5.75 Å². The molecule has 0 saturated carbocycles. The van der Waals surface area contributed by atoms with Crippen LogP contribution in [0.25, 0.3) is 0 Å². The van der Waals surface area contributed by atoms with Gasteiger partial charge in [-0.1, -0.05) is 25.0 Å². The van der Waals surface area contributed by atoms with E-state index >= 15 is 0 Å². The summed E-state index contributed by atoms with van der Waals surface area (Å²) in [4.78, 5) is 41.6. The van der Waals surface area contributed by atoms with Gasteiger partial charge >= 0.3 is 0 Å². The van der Waals surface area contributed by atoms with Crippen LogP contribution < -0.4 is 10.1 Å². The number of anilines is 1. The summed E-state index contributed by atoms with van der Waals surface area (Å²) in [6.07, 6.45) is 5.20. The summed E-state index contributed by atoms with van der Waals surface area (Å²) in [7, 11) is 0. The van der Waals surface area contributed by atoms with E-state index in [9.17, 15) is 14.4 Å². The summed E-state index contributed by atoms with van der Waals surface area (Å²) in [6.45, 7) is 2.86. The number of piperidine rings is 1. The molecule has 156 valence electrons. The van der Waals surface area contributed by atoms with Gasteiger partial charge in [-0.25, -0.2) is 0 Å². The quantitative estimate of drug-likeness (QED) is 0.847. The van der Waals surface area contributed by atoms with Gasteiger partial charge in [0, 0.05) is 32.1 Å². The number of likely N-dealkylation sites (tertiary alicyclic amines) is 2. The number of carbonyl (C=O) groups excluding carboxylic acids is 3. The lowest BCUT2D eigenvalue weighted by molar-refractivity contribution is -0.142. The maximum atomic E-state index is 12.8. The molecule has 4 rings (SSSR count). The molecule has 2 saturated heterocycles. The molecule has 3 aliphatic heterocycles. The lowest BCUT2D eigenvalue weighted by Crippen LogP contribution is -2.47. The minimum atomic E-state index is -0.811. The first kappa shape index (κ1) is 19.7. The second-order valence-electron chi connectivity index (χ2n) is 8.19. The lowest BCUT2D eigenvalue weighted by Gasteiger charge is -2.35. The summed E-state index contributed by atoms with van der Waals surface area (Å²) >= 11 is 0. The average molecular weight is 399 g/mol. The summed E-state index contributed by atoms with van der Waals surface area (Å²) < 4.78 is 5.74. The van der Waals surface area contributed by atoms with Gasteiger partial charge in [0.1, 0.15) is 5.75 Å². The Morgan fingerprint density at radius 1 is 0.966 bits per heavy atom. The van der Waals surface area contributed by atoms with E-state index in [1.807, 2.05) is 17.0 Å². The van der Waals surface area contributed by atoms with Gasteiger partial charge < -0.3 is 19.9 Å². The van der Waals surface area contributed by atoms with Crippen LogP contribution in [0.5, 0.6) is 5.75 Å². The summed E-state index contributed by atoms with van der Waals surface area (Å²) in [5, 5.41) is 2.80. The van der Waals surface area contributed by atoms with Crippen molar-refractivity contribution in [2.24, 2.45) is 5.92 Å². The first-order valence-corrected chi connectivity index (χ1v) is 10.7. The van der Waals surface area contributed by atoms with Gasteiger partial charge in [0.25, 0.3) is 5.91 Å². The van der Waals surface area contributed by atoms with E-state index in [0.717, 1.165) is 25.9 Å². The highest BCUT2D eigenvalue weighted by molar-refractivity contribution is 6.00. The van der Waals surface area contributed by atoms with Crippen molar-refractivity contribution in [3.05, 3.63) is 24.3 Å². The van der Waals surface area contributed by atoms with Crippen LogP contribution in [0.4, 0.5) is 5.69 Å². The number of nitrogens with zero attached hydrogens (tertiary/aromatic N) is 2. The first-order valence-electron chi connectivity index (χ1n) is 10.7. The molecule has 0 unspecified atom stereocenters. The molecule has 1 atom stereocenters. The lowest BCUT2D eigenvalue weighted by atomic mass is 9.94. The maximum absolute atomic E-state index is 12.8. The largest absolute Gasteiger partial charge is 0.478 e. The zero-order valence-electron chi connectivity index (χ0n) is 16.8. The minimum Gasteiger partial charge on any atom is -0.478 e. The van der Waals surface area contributed by atoms with Crippen molar-refractivity contribution >= 4 is 23.4 Å². The third kappa shape index (κ3) is 4.54. The molecule has 0 spiro atoms. The Kier molecular flexibility index (Phi) is 6.02. The van der Waals surface area contributed by atoms with E-state index in [-0.39, 0.29) is 30.1 Å². The Labute approximate surface area is 171 Å². The van der Waals surface area contributed by atoms with Crippen LogP contribution in [0.1, 0.15) is 44.9 Å². The van der Waals surface area contributed by atoms with Crippen LogP contribution in [-0.4, -0.2) is 59.8 Å². The van der Waals surface area contributed by atoms with Crippen LogP contribution in [0.2, 0.25) is 0 Å². The number of benzene rings is 1. The molecule has 0 aromatic heterocycles. The molecular weight excluding hydrogens is 370 g/mol. The third-order valence-electron chi connectivity index (χ3n) is 6.18. The van der Waals surface area contributed by atoms with Crippen molar-refractivity contribution < 1.29 is 19.1 Å². The van der Waals surface area contributed by atoms with E-state index in [4.69, 9.17) is 4.74 Å². The Morgan fingerprint density at radius 2 is 1.66 bits per heavy atom. The molecule has 1 aromatic rings. The Hall–Kier alpha value is -2.57. The molecule has 2 fully saturated rings. The van der Waals surface area contributed by atoms with Crippen LogP contribution in [0.15, 0.2) is 24.3 Å². The van der Waals surface area contributed by atoms with Crippen molar-refractivity contribution in [1.29, 1.82) is 0 Å². The van der Waals surface area contributed by atoms with Gasteiger partial charge in [-0.15, -0.1) is 0 Å². The van der Waals surface area contributed by atoms with E-state index in [1.165, 1.54) is 12.8 Å². The molecule has 1 aromatic carbocycles. The molecule has 7 nitrogen and oxygen atoms in total. The molecule has 0 bridgehead atoms. The number of rotatable bonds is 3. The number of nitrogens with one attached hydrogen (secondary N) is 1. The van der Waals surface area contributed by atoms with Gasteiger partial charge in [0.05, 0.1) is 12.1 Å². The predicted octanol–water partition coefficient (Wildman–Crippen LogP) is 2.42. The number of hydrogen-bond acceptors (Lipinski definition) is 4. The number of amides is 3. The molecule has 3 heterocycles. The fraction of sp³-hybridized carbons (Fsp3) is 0.591. The van der Waals surface area contributed by atoms with Crippen LogP contribution in [0.3, 0.4) is 0 Å². The van der Waals surface area contributed by atoms with Crippen LogP contribution in [-0.2, 0) is 14.4 Å². The highest BCUT2D eigenvalue weighted by Crippen LogP contribution is 2.30. The van der Waals surface area contributed by atoms with E-state index in [0.29, 0.717) is 37.4 Å². The highest BCUT2D eigenvalue weighted by atomic mass is 16.5. The molecule has 1 N–H and O–H groups in total. The molecule has 7 heteroatoms. The topological polar surface area (TPSA) is 79.0 Å². The molecule has 0 radical (unpaired) electrons. The van der Waals surface area contributed by atoms with E-state index < -0.39 is 6.10 Å². The van der Waals surface area contributed by atoms with E-state index in [2.05, 4.69) is 5.32 Å². The number of fused-ring (bicyclic) bond motifs is 1. The van der Waals surface area contributed by atoms with Gasteiger partial charge in [-0.05, 0) is 37.8 Å². The number of carbonyl (C=O) groups is 3. The Balaban J connectivity index is 1.28. The van der Waals surface area contributed by atoms with Gasteiger partial charge in [-0.3, -0.25) is 14.4 Å². The SMILES string of the molecule is O=C1Nc2ccccc2O[C@@H]1CC(=O)N1CCC(C(=O)N2CCCCCC2)CC1. The van der Waals surface area contributed by atoms with Crippen molar-refractivity contribution in [2.45, 2.75) is 51.0 Å². The first-order chi connectivity index (χ1) is 14.1. The standard InChI is InChI=1S/C22H29N3O4/c26-20(15-19-21(27)23-17-7-3-4-8-18(17)29-19)24-13-9-16(10-14-24)22(28)25-11-5-1-2-6-12-25/h3-4,7-8,16,19H,1-2,5-6,9-15H2,(H,23,27)/t19-/m1/s1. The fourth-order valence-electron chi connectivity index (χ4n) is 4.44. The minimum absolute atomic E-state index is 0.0123. The Bertz CT molecular complexity index is 765. The predicted molar refractivity (Wildman–Crippen MR) is 108 cm³/mol. The molecule has 0 aliphatic carbocycles. The van der Waals surface area contributed by atoms with Gasteiger partial charge in [0.15, 0.2) is 6.10 Å². The second kappa shape index (κ2) is 8.84. The molecular formula is C22H29N3O4. The number of ether oxygens (including phenoxy) is 1. The monoisotopic (exact) mass is 399 g/mol. The molecule has 29 heavy (non-hydrogen) atoms. The zero-order valence-corrected chi connectivity index (χ0v) is 16.8. The summed E-state index contributed by atoms with van der Waals surface area (Å²) in [5.41, 5.74) is 0.633. The normalized spacial score (nSPS) is 22.9. The molecule has 3 amide bonds. The van der Waals surface area contributed by atoms with Crippen LogP contribution >= 0.6 is 0 Å². The van der Waals surface area contributed by atoms with Crippen molar-refractivity contribution in [2.75, 3.05) is 31.5 Å². The van der Waals surface area contributed by atoms with Crippen molar-refractivity contribution in [3.63, 3.8) is 0 Å². The molecule has 3 aliphatic rings. The summed E-state index contributed by atoms with van der Waals surface area (Å²) in [5.74, 6) is 0.476. The maximum Gasteiger partial charge on any atom is 0.266 e. The number of para-hydroxylation sites is 2. The number of hydrogen-bond donors (Lipinski definition) is 1. The third-order valence-corrected chi connectivity index (χ3v) is 6.18.